The molecule has 3 heteroatoms. The Bertz CT molecular complexity index is 128. The summed E-state index contributed by atoms with van der Waals surface area (Å²) in [5, 5.41) is 12.4. The van der Waals surface area contributed by atoms with Crippen molar-refractivity contribution < 1.29 is 5.11 Å². The predicted molar refractivity (Wildman–Crippen MR) is 50.2 cm³/mol. The van der Waals surface area contributed by atoms with Gasteiger partial charge in [-0.05, 0) is 33.4 Å². The van der Waals surface area contributed by atoms with Gasteiger partial charge in [-0.2, -0.15) is 0 Å². The summed E-state index contributed by atoms with van der Waals surface area (Å²) in [4.78, 5) is 2.38. The zero-order valence-electron chi connectivity index (χ0n) is 8.08. The zero-order chi connectivity index (χ0) is 8.97. The summed E-state index contributed by atoms with van der Waals surface area (Å²) in [7, 11) is 1.98. The number of nitrogens with zero attached hydrogens (tertiary/aromatic N) is 1. The lowest BCUT2D eigenvalue weighted by molar-refractivity contribution is 0.119. The molecule has 0 aromatic heterocycles. The van der Waals surface area contributed by atoms with Gasteiger partial charge in [0.15, 0.2) is 0 Å². The summed E-state index contributed by atoms with van der Waals surface area (Å²) < 4.78 is 0. The van der Waals surface area contributed by atoms with Crippen molar-refractivity contribution in [3.63, 3.8) is 0 Å². The van der Waals surface area contributed by atoms with Gasteiger partial charge in [-0.25, -0.2) is 0 Å². The molecule has 12 heavy (non-hydrogen) atoms. The maximum Gasteiger partial charge on any atom is 0.0639 e. The third kappa shape index (κ3) is 2.73. The number of β-amino-alcohol motifs (C(OH)–C–C–N with tert-alkyl or cyclic N) is 1. The number of likely N-dealkylation sites (tertiary alicyclic amines) is 1. The Labute approximate surface area is 74.8 Å². The number of hydrogen-bond acceptors (Lipinski definition) is 3. The van der Waals surface area contributed by atoms with Gasteiger partial charge in [0, 0.05) is 19.1 Å². The quantitative estimate of drug-likeness (QED) is 0.629. The molecule has 3 nitrogen and oxygen atoms in total. The van der Waals surface area contributed by atoms with E-state index in [1.165, 1.54) is 12.8 Å². The van der Waals surface area contributed by atoms with E-state index < -0.39 is 0 Å². The Balaban J connectivity index is 2.30. The Morgan fingerprint density at radius 1 is 1.67 bits per heavy atom. The first-order valence-corrected chi connectivity index (χ1v) is 4.80. The highest BCUT2D eigenvalue weighted by Crippen LogP contribution is 2.16. The SMILES string of the molecule is CNCC1CCCN1C[C@@H](C)O. The minimum atomic E-state index is -0.192. The van der Waals surface area contributed by atoms with Crippen LogP contribution < -0.4 is 5.32 Å². The van der Waals surface area contributed by atoms with E-state index in [2.05, 4.69) is 10.2 Å². The van der Waals surface area contributed by atoms with E-state index in [-0.39, 0.29) is 6.10 Å². The molecule has 1 fully saturated rings. The van der Waals surface area contributed by atoms with Crippen molar-refractivity contribution in [2.45, 2.75) is 31.9 Å². The van der Waals surface area contributed by atoms with E-state index in [0.29, 0.717) is 6.04 Å². The highest BCUT2D eigenvalue weighted by Gasteiger charge is 2.24. The van der Waals surface area contributed by atoms with Crippen molar-refractivity contribution in [1.82, 2.24) is 10.2 Å². The third-order valence-electron chi connectivity index (χ3n) is 2.44. The second kappa shape index (κ2) is 4.80. The molecule has 0 amide bonds. The minimum Gasteiger partial charge on any atom is -0.392 e. The molecular formula is C9H20N2O. The number of rotatable bonds is 4. The van der Waals surface area contributed by atoms with Gasteiger partial charge in [0.25, 0.3) is 0 Å². The van der Waals surface area contributed by atoms with Crippen LogP contribution in [0.15, 0.2) is 0 Å². The topological polar surface area (TPSA) is 35.5 Å². The molecule has 0 radical (unpaired) electrons. The van der Waals surface area contributed by atoms with Crippen LogP contribution in [-0.2, 0) is 0 Å². The molecule has 1 rings (SSSR count). The second-order valence-electron chi connectivity index (χ2n) is 3.70. The number of aliphatic hydroxyl groups is 1. The number of likely N-dealkylation sites (N-methyl/N-ethyl adjacent to an activating group) is 1. The lowest BCUT2D eigenvalue weighted by Crippen LogP contribution is -2.40. The first-order chi connectivity index (χ1) is 5.74. The summed E-state index contributed by atoms with van der Waals surface area (Å²) in [6.45, 7) is 4.88. The maximum absolute atomic E-state index is 9.24. The van der Waals surface area contributed by atoms with Gasteiger partial charge in [0.2, 0.25) is 0 Å². The molecule has 72 valence electrons. The predicted octanol–water partition coefficient (Wildman–Crippen LogP) is 0.0510. The molecular weight excluding hydrogens is 152 g/mol. The lowest BCUT2D eigenvalue weighted by Gasteiger charge is -2.25. The van der Waals surface area contributed by atoms with Crippen molar-refractivity contribution in [3.8, 4) is 0 Å². The number of aliphatic hydroxyl groups excluding tert-OH is 1. The average molecular weight is 172 g/mol. The van der Waals surface area contributed by atoms with Crippen LogP contribution in [0.3, 0.4) is 0 Å². The molecule has 0 aliphatic carbocycles. The highest BCUT2D eigenvalue weighted by molar-refractivity contribution is 4.81. The third-order valence-corrected chi connectivity index (χ3v) is 2.44. The summed E-state index contributed by atoms with van der Waals surface area (Å²) in [5.74, 6) is 0. The van der Waals surface area contributed by atoms with Crippen molar-refractivity contribution in [2.24, 2.45) is 0 Å². The van der Waals surface area contributed by atoms with Crippen molar-refractivity contribution in [2.75, 3.05) is 26.7 Å². The van der Waals surface area contributed by atoms with Crippen LogP contribution in [0.2, 0.25) is 0 Å². The number of hydrogen-bond donors (Lipinski definition) is 2. The molecule has 1 saturated heterocycles. The van der Waals surface area contributed by atoms with E-state index in [1.54, 1.807) is 0 Å². The van der Waals surface area contributed by atoms with Crippen LogP contribution in [0.25, 0.3) is 0 Å². The summed E-state index contributed by atoms with van der Waals surface area (Å²) in [6.07, 6.45) is 2.36. The molecule has 0 aromatic rings. The van der Waals surface area contributed by atoms with Crippen molar-refractivity contribution in [3.05, 3.63) is 0 Å². The second-order valence-corrected chi connectivity index (χ2v) is 3.70. The Morgan fingerprint density at radius 3 is 3.00 bits per heavy atom. The zero-order valence-corrected chi connectivity index (χ0v) is 8.08. The van der Waals surface area contributed by atoms with Crippen LogP contribution in [0, 0.1) is 0 Å². The van der Waals surface area contributed by atoms with E-state index in [9.17, 15) is 5.11 Å². The number of nitrogens with one attached hydrogen (secondary N) is 1. The smallest absolute Gasteiger partial charge is 0.0639 e. The normalized spacial score (nSPS) is 27.8. The van der Waals surface area contributed by atoms with E-state index >= 15 is 0 Å². The standard InChI is InChI=1S/C9H20N2O/c1-8(12)7-11-5-3-4-9(11)6-10-2/h8-10,12H,3-7H2,1-2H3/t8-,9?/m1/s1. The molecule has 1 unspecified atom stereocenters. The molecule has 1 heterocycles. The summed E-state index contributed by atoms with van der Waals surface area (Å²) in [6, 6.07) is 0.643. The van der Waals surface area contributed by atoms with Gasteiger partial charge < -0.3 is 10.4 Å². The molecule has 1 aliphatic heterocycles. The molecule has 2 atom stereocenters. The van der Waals surface area contributed by atoms with Crippen molar-refractivity contribution in [1.29, 1.82) is 0 Å². The van der Waals surface area contributed by atoms with E-state index in [1.807, 2.05) is 14.0 Å². The summed E-state index contributed by atoms with van der Waals surface area (Å²) in [5.41, 5.74) is 0. The van der Waals surface area contributed by atoms with Crippen LogP contribution >= 0.6 is 0 Å². The molecule has 0 spiro atoms. The first-order valence-electron chi connectivity index (χ1n) is 4.80. The van der Waals surface area contributed by atoms with Crippen LogP contribution in [0.4, 0.5) is 0 Å². The molecule has 0 aromatic carbocycles. The first kappa shape index (κ1) is 9.96. The summed E-state index contributed by atoms with van der Waals surface area (Å²) >= 11 is 0. The van der Waals surface area contributed by atoms with Gasteiger partial charge in [0.05, 0.1) is 6.10 Å². The fraction of sp³-hybridized carbons (Fsp3) is 1.00. The fourth-order valence-electron chi connectivity index (χ4n) is 1.94. The Kier molecular flexibility index (Phi) is 3.98. The van der Waals surface area contributed by atoms with Crippen LogP contribution in [-0.4, -0.2) is 48.8 Å². The minimum absolute atomic E-state index is 0.192. The van der Waals surface area contributed by atoms with E-state index in [0.717, 1.165) is 19.6 Å². The largest absolute Gasteiger partial charge is 0.392 e. The molecule has 0 bridgehead atoms. The Hall–Kier alpha value is -0.120. The van der Waals surface area contributed by atoms with Crippen LogP contribution in [0.1, 0.15) is 19.8 Å². The van der Waals surface area contributed by atoms with Crippen molar-refractivity contribution >= 4 is 0 Å². The molecule has 2 N–H and O–H groups in total. The van der Waals surface area contributed by atoms with Gasteiger partial charge in [-0.15, -0.1) is 0 Å². The van der Waals surface area contributed by atoms with Gasteiger partial charge in [0.1, 0.15) is 0 Å². The van der Waals surface area contributed by atoms with Gasteiger partial charge >= 0.3 is 0 Å². The van der Waals surface area contributed by atoms with Gasteiger partial charge in [-0.1, -0.05) is 0 Å². The Morgan fingerprint density at radius 2 is 2.42 bits per heavy atom. The average Bonchev–Trinajstić information content (AvgIpc) is 2.37. The highest BCUT2D eigenvalue weighted by atomic mass is 16.3. The fourth-order valence-corrected chi connectivity index (χ4v) is 1.94. The van der Waals surface area contributed by atoms with E-state index in [4.69, 9.17) is 0 Å². The lowest BCUT2D eigenvalue weighted by atomic mass is 10.2. The van der Waals surface area contributed by atoms with Gasteiger partial charge in [-0.3, -0.25) is 4.90 Å². The maximum atomic E-state index is 9.24. The monoisotopic (exact) mass is 172 g/mol. The van der Waals surface area contributed by atoms with Crippen LogP contribution in [0.5, 0.6) is 0 Å². The molecule has 1 aliphatic rings. The molecule has 0 saturated carbocycles.